The van der Waals surface area contributed by atoms with E-state index < -0.39 is 114 Å². The molecule has 0 spiro atoms. The van der Waals surface area contributed by atoms with Crippen molar-refractivity contribution >= 4 is 5.97 Å². The van der Waals surface area contributed by atoms with Crippen molar-refractivity contribution in [2.45, 2.75) is 170 Å². The van der Waals surface area contributed by atoms with Crippen molar-refractivity contribution in [1.29, 1.82) is 0 Å². The van der Waals surface area contributed by atoms with Crippen LogP contribution in [-0.2, 0) is 28.5 Å². The Morgan fingerprint density at radius 1 is 0.889 bits per heavy atom. The molecular formula is C38H56O16. The minimum absolute atomic E-state index is 0.0161. The molecule has 8 N–H and O–H groups in total. The van der Waals surface area contributed by atoms with Gasteiger partial charge in [0.1, 0.15) is 54.4 Å². The third kappa shape index (κ3) is 6.20. The van der Waals surface area contributed by atoms with Crippen LogP contribution in [0.5, 0.6) is 0 Å². The number of aliphatic hydroxyl groups is 8. The first-order valence-electron chi connectivity index (χ1n) is 19.2. The smallest absolute Gasteiger partial charge is 0.335 e. The van der Waals surface area contributed by atoms with Gasteiger partial charge in [0.25, 0.3) is 0 Å². The van der Waals surface area contributed by atoms with Crippen LogP contribution in [0, 0.1) is 22.7 Å². The molecule has 3 heterocycles. The van der Waals surface area contributed by atoms with Crippen molar-refractivity contribution in [3.63, 3.8) is 0 Å². The van der Waals surface area contributed by atoms with E-state index in [1.165, 1.54) is 19.3 Å². The molecule has 4 aliphatic carbocycles. The molecule has 0 bridgehead atoms. The first-order valence-corrected chi connectivity index (χ1v) is 19.2. The van der Waals surface area contributed by atoms with Gasteiger partial charge in [-0.1, -0.05) is 13.8 Å². The van der Waals surface area contributed by atoms with Gasteiger partial charge in [-0.05, 0) is 80.8 Å². The molecule has 6 aliphatic rings. The molecule has 16 heteroatoms. The fraction of sp³-hybridized carbons (Fsp3) is 0.842. The Hall–Kier alpha value is -2.06. The van der Waals surface area contributed by atoms with Crippen molar-refractivity contribution in [2.75, 3.05) is 6.61 Å². The van der Waals surface area contributed by atoms with E-state index in [1.807, 2.05) is 6.92 Å². The van der Waals surface area contributed by atoms with E-state index in [0.717, 1.165) is 5.56 Å². The van der Waals surface area contributed by atoms with Crippen LogP contribution in [0.4, 0.5) is 0 Å². The molecule has 19 atom stereocenters. The van der Waals surface area contributed by atoms with Gasteiger partial charge in [-0.15, -0.1) is 0 Å². The zero-order chi connectivity index (χ0) is 39.1. The van der Waals surface area contributed by atoms with E-state index in [-0.39, 0.29) is 24.2 Å². The summed E-state index contributed by atoms with van der Waals surface area (Å²) in [5.41, 5.74) is -4.12. The highest BCUT2D eigenvalue weighted by Crippen LogP contribution is 2.72. The Kier molecular flexibility index (Phi) is 10.7. The zero-order valence-corrected chi connectivity index (χ0v) is 31.1. The zero-order valence-electron chi connectivity index (χ0n) is 31.1. The summed E-state index contributed by atoms with van der Waals surface area (Å²) in [6.07, 6.45) is -10.7. The van der Waals surface area contributed by atoms with Crippen molar-refractivity contribution in [1.82, 2.24) is 0 Å². The Balaban J connectivity index is 1.07. The lowest BCUT2D eigenvalue weighted by Gasteiger charge is -2.68. The van der Waals surface area contributed by atoms with Crippen molar-refractivity contribution < 1.29 is 73.7 Å². The van der Waals surface area contributed by atoms with Gasteiger partial charge in [0.2, 0.25) is 0 Å². The number of aliphatic hydroxyl groups excluding tert-OH is 6. The Bertz CT molecular complexity index is 1570. The van der Waals surface area contributed by atoms with Crippen molar-refractivity contribution in [3.8, 4) is 0 Å². The fourth-order valence-electron chi connectivity index (χ4n) is 11.7. The van der Waals surface area contributed by atoms with Gasteiger partial charge in [0.15, 0.2) is 12.6 Å². The monoisotopic (exact) mass is 768 g/mol. The number of esters is 1. The predicted octanol–water partition coefficient (Wildman–Crippen LogP) is -0.426. The van der Waals surface area contributed by atoms with Gasteiger partial charge < -0.3 is 69.0 Å². The molecule has 1 aromatic rings. The molecule has 4 saturated carbocycles. The second kappa shape index (κ2) is 14.4. The van der Waals surface area contributed by atoms with E-state index in [9.17, 15) is 50.4 Å². The maximum Gasteiger partial charge on any atom is 0.335 e. The first kappa shape index (κ1) is 40.1. The second-order valence-electron chi connectivity index (χ2n) is 17.3. The Morgan fingerprint density at radius 3 is 2.26 bits per heavy atom. The minimum atomic E-state index is -1.72. The summed E-state index contributed by atoms with van der Waals surface area (Å²) in [7, 11) is 0. The molecule has 2 aliphatic heterocycles. The van der Waals surface area contributed by atoms with Gasteiger partial charge in [0, 0.05) is 30.7 Å². The highest BCUT2D eigenvalue weighted by Gasteiger charge is 2.75. The quantitative estimate of drug-likeness (QED) is 0.129. The van der Waals surface area contributed by atoms with Crippen LogP contribution in [0.2, 0.25) is 0 Å². The van der Waals surface area contributed by atoms with Crippen LogP contribution in [0.15, 0.2) is 27.6 Å². The van der Waals surface area contributed by atoms with E-state index in [2.05, 4.69) is 6.92 Å². The molecule has 0 unspecified atom stereocenters. The molecule has 0 amide bonds. The van der Waals surface area contributed by atoms with E-state index in [1.54, 1.807) is 13.0 Å². The summed E-state index contributed by atoms with van der Waals surface area (Å²) < 4.78 is 34.7. The lowest BCUT2D eigenvalue weighted by molar-refractivity contribution is -0.361. The van der Waals surface area contributed by atoms with E-state index >= 15 is 0 Å². The van der Waals surface area contributed by atoms with Crippen LogP contribution in [0.1, 0.15) is 90.5 Å². The molecule has 304 valence electrons. The average molecular weight is 769 g/mol. The lowest BCUT2D eigenvalue weighted by Crippen LogP contribution is -2.75. The molecule has 0 aromatic carbocycles. The molecule has 54 heavy (non-hydrogen) atoms. The minimum Gasteiger partial charge on any atom is -0.462 e. The van der Waals surface area contributed by atoms with Crippen LogP contribution in [-0.4, -0.2) is 138 Å². The van der Waals surface area contributed by atoms with Gasteiger partial charge in [-0.2, -0.15) is 0 Å². The number of rotatable bonds is 7. The molecule has 16 nitrogen and oxygen atoms in total. The van der Waals surface area contributed by atoms with Gasteiger partial charge in [0.05, 0.1) is 30.7 Å². The number of fused-ring (bicyclic) bond motifs is 5. The maximum absolute atomic E-state index is 12.9. The molecule has 7 rings (SSSR count). The van der Waals surface area contributed by atoms with Gasteiger partial charge in [-0.25, -0.2) is 4.79 Å². The summed E-state index contributed by atoms with van der Waals surface area (Å²) in [4.78, 5) is 24.3. The highest BCUT2D eigenvalue weighted by atomic mass is 16.7. The van der Waals surface area contributed by atoms with Crippen LogP contribution < -0.4 is 5.63 Å². The molecule has 1 aromatic heterocycles. The molecule has 2 saturated heterocycles. The summed E-state index contributed by atoms with van der Waals surface area (Å²) in [6.45, 7) is 6.30. The Labute approximate surface area is 312 Å². The number of hydrogen-bond acceptors (Lipinski definition) is 16. The second-order valence-corrected chi connectivity index (χ2v) is 17.3. The van der Waals surface area contributed by atoms with Crippen LogP contribution >= 0.6 is 0 Å². The largest absolute Gasteiger partial charge is 0.462 e. The van der Waals surface area contributed by atoms with Crippen LogP contribution in [0.3, 0.4) is 0 Å². The number of hydrogen-bond donors (Lipinski definition) is 8. The van der Waals surface area contributed by atoms with Gasteiger partial charge >= 0.3 is 11.6 Å². The van der Waals surface area contributed by atoms with Crippen LogP contribution in [0.25, 0.3) is 0 Å². The third-order valence-corrected chi connectivity index (χ3v) is 14.6. The third-order valence-electron chi connectivity index (χ3n) is 14.6. The summed E-state index contributed by atoms with van der Waals surface area (Å²) in [6, 6.07) is 3.10. The summed E-state index contributed by atoms with van der Waals surface area (Å²) in [5, 5.41) is 88.3. The van der Waals surface area contributed by atoms with E-state index in [4.69, 9.17) is 28.1 Å². The normalized spacial score (nSPS) is 51.8. The highest BCUT2D eigenvalue weighted by molar-refractivity contribution is 5.66. The maximum atomic E-state index is 12.9. The lowest BCUT2D eigenvalue weighted by atomic mass is 9.40. The summed E-state index contributed by atoms with van der Waals surface area (Å²) >= 11 is 0. The molecular weight excluding hydrogens is 712 g/mol. The Morgan fingerprint density at radius 2 is 1.59 bits per heavy atom. The topological polar surface area (TPSA) is 255 Å². The fourth-order valence-corrected chi connectivity index (χ4v) is 11.7. The molecule has 0 radical (unpaired) electrons. The summed E-state index contributed by atoms with van der Waals surface area (Å²) in [5.74, 6) is -1.31. The standard InChI is InChI=1S/C38H56O16/c1-17-32(54-34-30(45)28(43)27(42)24(15-39)53-34)29(44)31(46)33(50-17)52-20-7-10-35(3)22(13-20)23(51-18(2)40)14-37(47)25(35)9-11-36(4)21(8-12-38(36,37)48)19-5-6-26(41)49-16-19/h5-6,16-17,20-25,27-34,39,42-48H,7-15H2,1-4H3/t17-,20-,21+,22+,23+,24+,25+,27+,28-,29-,30+,31-,32-,33-,34-,35-,36+,37-,38+/m0/s1. The first-order chi connectivity index (χ1) is 25.4. The van der Waals surface area contributed by atoms with Gasteiger partial charge in [-0.3, -0.25) is 4.79 Å². The number of ether oxygens (including phenoxy) is 5. The van der Waals surface area contributed by atoms with Crippen molar-refractivity contribution in [2.24, 2.45) is 22.7 Å². The number of carbonyl (C=O) groups is 1. The van der Waals surface area contributed by atoms with Crippen molar-refractivity contribution in [3.05, 3.63) is 34.4 Å². The number of carbonyl (C=O) groups excluding carboxylic acids is 1. The van der Waals surface area contributed by atoms with E-state index in [0.29, 0.717) is 44.9 Å². The average Bonchev–Trinajstić information content (AvgIpc) is 3.40. The predicted molar refractivity (Wildman–Crippen MR) is 183 cm³/mol. The SMILES string of the molecule is CC(=O)O[C@@H]1C[C@]2(O)[C@H](CC[C@]3(C)[C@@H](c4ccc(=O)oc4)CC[C@@]32O)[C@@]2(C)CC[C@H](O[C@@H]3O[C@@H](C)[C@H](O[C@@H]4O[C@H](CO)[C@@H](O)[C@H](O)[C@H]4O)[C@@H](O)[C@@H]3O)C[C@H]12. The molecule has 6 fully saturated rings.